The van der Waals surface area contributed by atoms with Crippen LogP contribution >= 0.6 is 15.9 Å². The molecule has 1 aromatic rings. The molecule has 1 unspecified atom stereocenters. The minimum atomic E-state index is -0.355. The van der Waals surface area contributed by atoms with Gasteiger partial charge < -0.3 is 15.0 Å². The third kappa shape index (κ3) is 3.96. The summed E-state index contributed by atoms with van der Waals surface area (Å²) in [6.45, 7) is 4.25. The molecule has 0 radical (unpaired) electrons. The molecule has 1 heterocycles. The van der Waals surface area contributed by atoms with Crippen molar-refractivity contribution in [2.24, 2.45) is 0 Å². The van der Waals surface area contributed by atoms with Gasteiger partial charge in [-0.2, -0.15) is 5.26 Å². The van der Waals surface area contributed by atoms with Crippen molar-refractivity contribution < 1.29 is 9.53 Å². The first-order valence-corrected chi connectivity index (χ1v) is 7.77. The lowest BCUT2D eigenvalue weighted by Gasteiger charge is -2.36. The summed E-state index contributed by atoms with van der Waals surface area (Å²) in [5, 5.41) is 12.0. The van der Waals surface area contributed by atoms with Gasteiger partial charge in [0.2, 0.25) is 5.91 Å². The summed E-state index contributed by atoms with van der Waals surface area (Å²) in [6.07, 6.45) is 0.898. The Morgan fingerprint density at radius 2 is 2.38 bits per heavy atom. The molecule has 0 saturated carbocycles. The Balaban J connectivity index is 2.24. The zero-order chi connectivity index (χ0) is 15.2. The van der Waals surface area contributed by atoms with Gasteiger partial charge in [-0.1, -0.05) is 22.9 Å². The largest absolute Gasteiger partial charge is 0.377 e. The number of amides is 1. The molecule has 1 N–H and O–H groups in total. The SMILES string of the molecule is CCCNC(=O)C1COCCN1c1cc(Br)cc(C#N)c1. The molecule has 0 spiro atoms. The highest BCUT2D eigenvalue weighted by molar-refractivity contribution is 9.10. The number of anilines is 1. The molecule has 5 nitrogen and oxygen atoms in total. The van der Waals surface area contributed by atoms with Gasteiger partial charge in [-0.3, -0.25) is 4.79 Å². The lowest BCUT2D eigenvalue weighted by molar-refractivity contribution is -0.124. The van der Waals surface area contributed by atoms with E-state index in [0.29, 0.717) is 31.9 Å². The van der Waals surface area contributed by atoms with Gasteiger partial charge in [-0.25, -0.2) is 0 Å². The number of nitriles is 1. The molecule has 1 amide bonds. The molecule has 1 fully saturated rings. The number of ether oxygens (including phenoxy) is 1. The van der Waals surface area contributed by atoms with Gasteiger partial charge in [-0.15, -0.1) is 0 Å². The van der Waals surface area contributed by atoms with Crippen LogP contribution in [0.2, 0.25) is 0 Å². The predicted molar refractivity (Wildman–Crippen MR) is 84.1 cm³/mol. The standard InChI is InChI=1S/C15H18BrN3O2/c1-2-3-18-15(20)14-10-21-5-4-19(14)13-7-11(9-17)6-12(16)8-13/h6-8,14H,2-5,10H2,1H3,(H,18,20). The minimum Gasteiger partial charge on any atom is -0.377 e. The van der Waals surface area contributed by atoms with Gasteiger partial charge in [0, 0.05) is 23.2 Å². The average Bonchev–Trinajstić information content (AvgIpc) is 2.51. The van der Waals surface area contributed by atoms with Crippen LogP contribution in [0.5, 0.6) is 0 Å². The molecule has 21 heavy (non-hydrogen) atoms. The molecule has 112 valence electrons. The molecule has 0 bridgehead atoms. The monoisotopic (exact) mass is 351 g/mol. The molecule has 2 rings (SSSR count). The summed E-state index contributed by atoms with van der Waals surface area (Å²) in [5.74, 6) is -0.0324. The van der Waals surface area contributed by atoms with Crippen LogP contribution in [0.1, 0.15) is 18.9 Å². The highest BCUT2D eigenvalue weighted by Crippen LogP contribution is 2.25. The van der Waals surface area contributed by atoms with Crippen LogP contribution in [0.25, 0.3) is 0 Å². The number of benzene rings is 1. The molecule has 1 aliphatic heterocycles. The molecule has 1 aliphatic rings. The van der Waals surface area contributed by atoms with Crippen LogP contribution in [0.4, 0.5) is 5.69 Å². The third-order valence-corrected chi connectivity index (χ3v) is 3.78. The predicted octanol–water partition coefficient (Wildman–Crippen LogP) is 2.05. The van der Waals surface area contributed by atoms with E-state index in [2.05, 4.69) is 27.3 Å². The minimum absolute atomic E-state index is 0.0324. The van der Waals surface area contributed by atoms with Gasteiger partial charge in [0.05, 0.1) is 24.8 Å². The Hall–Kier alpha value is -1.58. The number of nitrogens with one attached hydrogen (secondary N) is 1. The lowest BCUT2D eigenvalue weighted by Crippen LogP contribution is -2.54. The van der Waals surface area contributed by atoms with Crippen molar-refractivity contribution in [2.45, 2.75) is 19.4 Å². The van der Waals surface area contributed by atoms with E-state index in [9.17, 15) is 4.79 Å². The Labute approximate surface area is 133 Å². The molecule has 1 aromatic carbocycles. The van der Waals surface area contributed by atoms with E-state index in [1.54, 1.807) is 12.1 Å². The van der Waals surface area contributed by atoms with Gasteiger partial charge in [0.15, 0.2) is 0 Å². The highest BCUT2D eigenvalue weighted by atomic mass is 79.9. The Morgan fingerprint density at radius 1 is 1.57 bits per heavy atom. The molecule has 0 aliphatic carbocycles. The maximum Gasteiger partial charge on any atom is 0.245 e. The first kappa shape index (κ1) is 15.8. The van der Waals surface area contributed by atoms with E-state index in [1.165, 1.54) is 0 Å². The van der Waals surface area contributed by atoms with E-state index >= 15 is 0 Å². The summed E-state index contributed by atoms with van der Waals surface area (Å²) in [6, 6.07) is 7.27. The second-order valence-corrected chi connectivity index (χ2v) is 5.80. The smallest absolute Gasteiger partial charge is 0.245 e. The van der Waals surface area contributed by atoms with Crippen LogP contribution < -0.4 is 10.2 Å². The number of carbonyl (C=O) groups excluding carboxylic acids is 1. The van der Waals surface area contributed by atoms with Crippen LogP contribution in [-0.4, -0.2) is 38.3 Å². The summed E-state index contributed by atoms with van der Waals surface area (Å²) >= 11 is 3.41. The number of carbonyl (C=O) groups is 1. The lowest BCUT2D eigenvalue weighted by atomic mass is 10.1. The van der Waals surface area contributed by atoms with Crippen molar-refractivity contribution in [3.05, 3.63) is 28.2 Å². The van der Waals surface area contributed by atoms with E-state index in [0.717, 1.165) is 16.6 Å². The molecular formula is C15H18BrN3O2. The normalized spacial score (nSPS) is 18.1. The van der Waals surface area contributed by atoms with Crippen LogP contribution in [0.15, 0.2) is 22.7 Å². The third-order valence-electron chi connectivity index (χ3n) is 3.32. The van der Waals surface area contributed by atoms with Gasteiger partial charge >= 0.3 is 0 Å². The fourth-order valence-corrected chi connectivity index (χ4v) is 2.78. The molecule has 1 atom stereocenters. The number of morpholine rings is 1. The van der Waals surface area contributed by atoms with Crippen LogP contribution in [-0.2, 0) is 9.53 Å². The Kier molecular flexibility index (Phi) is 5.59. The quantitative estimate of drug-likeness (QED) is 0.901. The fourth-order valence-electron chi connectivity index (χ4n) is 2.30. The summed E-state index contributed by atoms with van der Waals surface area (Å²) in [4.78, 5) is 14.3. The summed E-state index contributed by atoms with van der Waals surface area (Å²) in [5.41, 5.74) is 1.43. The van der Waals surface area contributed by atoms with Crippen molar-refractivity contribution in [2.75, 3.05) is 31.2 Å². The van der Waals surface area contributed by atoms with Crippen molar-refractivity contribution in [3.8, 4) is 6.07 Å². The van der Waals surface area contributed by atoms with Gasteiger partial charge in [-0.05, 0) is 24.6 Å². The maximum atomic E-state index is 12.3. The fraction of sp³-hybridized carbons (Fsp3) is 0.467. The van der Waals surface area contributed by atoms with Crippen molar-refractivity contribution in [1.82, 2.24) is 5.32 Å². The Morgan fingerprint density at radius 3 is 3.10 bits per heavy atom. The zero-order valence-electron chi connectivity index (χ0n) is 11.9. The van der Waals surface area contributed by atoms with Crippen molar-refractivity contribution in [3.63, 3.8) is 0 Å². The molecular weight excluding hydrogens is 334 g/mol. The molecule has 0 aromatic heterocycles. The topological polar surface area (TPSA) is 65.4 Å². The summed E-state index contributed by atoms with van der Waals surface area (Å²) < 4.78 is 6.27. The van der Waals surface area contributed by atoms with E-state index in [4.69, 9.17) is 10.00 Å². The van der Waals surface area contributed by atoms with Crippen LogP contribution in [0.3, 0.4) is 0 Å². The Bertz CT molecular complexity index is 556. The molecule has 6 heteroatoms. The summed E-state index contributed by atoms with van der Waals surface area (Å²) in [7, 11) is 0. The second kappa shape index (κ2) is 7.43. The average molecular weight is 352 g/mol. The van der Waals surface area contributed by atoms with Gasteiger partial charge in [0.1, 0.15) is 6.04 Å². The second-order valence-electron chi connectivity index (χ2n) is 4.89. The van der Waals surface area contributed by atoms with Crippen molar-refractivity contribution >= 4 is 27.5 Å². The highest BCUT2D eigenvalue weighted by Gasteiger charge is 2.29. The first-order chi connectivity index (χ1) is 10.2. The number of halogens is 1. The zero-order valence-corrected chi connectivity index (χ0v) is 13.5. The van der Waals surface area contributed by atoms with E-state index in [-0.39, 0.29) is 11.9 Å². The van der Waals surface area contributed by atoms with E-state index in [1.807, 2.05) is 17.9 Å². The maximum absolute atomic E-state index is 12.3. The van der Waals surface area contributed by atoms with Crippen molar-refractivity contribution in [1.29, 1.82) is 5.26 Å². The molecule has 1 saturated heterocycles. The number of hydrogen-bond acceptors (Lipinski definition) is 4. The first-order valence-electron chi connectivity index (χ1n) is 6.98. The number of rotatable bonds is 4. The van der Waals surface area contributed by atoms with Gasteiger partial charge in [0.25, 0.3) is 0 Å². The number of hydrogen-bond donors (Lipinski definition) is 1. The number of nitrogens with zero attached hydrogens (tertiary/aromatic N) is 2. The van der Waals surface area contributed by atoms with E-state index < -0.39 is 0 Å². The van der Waals surface area contributed by atoms with Crippen LogP contribution in [0, 0.1) is 11.3 Å².